The zero-order valence-electron chi connectivity index (χ0n) is 8.59. The topological polar surface area (TPSA) is 58.4 Å². The molecule has 1 atom stereocenters. The Bertz CT molecular complexity index is 223. The Balaban J connectivity index is 1.93. The van der Waals surface area contributed by atoms with E-state index in [1.165, 1.54) is 19.3 Å². The Morgan fingerprint density at radius 3 is 3.00 bits per heavy atom. The molecule has 0 aliphatic carbocycles. The monoisotopic (exact) mass is 197 g/mol. The van der Waals surface area contributed by atoms with Crippen molar-refractivity contribution in [2.24, 2.45) is 11.1 Å². The van der Waals surface area contributed by atoms with Gasteiger partial charge in [-0.1, -0.05) is 0 Å². The molecule has 0 radical (unpaired) electrons. The number of hydrogen-bond donors (Lipinski definition) is 2. The van der Waals surface area contributed by atoms with Crippen LogP contribution in [0.2, 0.25) is 0 Å². The zero-order chi connectivity index (χ0) is 10.0. The number of carbonyl (C=O) groups excluding carboxylic acids is 1. The van der Waals surface area contributed by atoms with Crippen LogP contribution in [-0.4, -0.2) is 43.5 Å². The number of rotatable bonds is 2. The summed E-state index contributed by atoms with van der Waals surface area (Å²) >= 11 is 0. The predicted octanol–water partition coefficient (Wildman–Crippen LogP) is -0.453. The standard InChI is InChI=1S/C10H19N3O/c11-9(14)6-13-5-1-2-10(8-13)3-4-12-7-10/h12H,1-8H2,(H2,11,14)/t10-/m0/s1. The van der Waals surface area contributed by atoms with Gasteiger partial charge in [-0.3, -0.25) is 9.69 Å². The molecule has 80 valence electrons. The second-order valence-corrected chi connectivity index (χ2v) is 4.71. The molecule has 2 rings (SSSR count). The molecule has 4 heteroatoms. The summed E-state index contributed by atoms with van der Waals surface area (Å²) in [6, 6.07) is 0. The average Bonchev–Trinajstić information content (AvgIpc) is 2.52. The van der Waals surface area contributed by atoms with Crippen molar-refractivity contribution in [1.82, 2.24) is 10.2 Å². The van der Waals surface area contributed by atoms with Crippen molar-refractivity contribution in [2.45, 2.75) is 19.3 Å². The molecule has 0 aromatic heterocycles. The number of likely N-dealkylation sites (tertiary alicyclic amines) is 1. The Morgan fingerprint density at radius 2 is 2.36 bits per heavy atom. The maximum Gasteiger partial charge on any atom is 0.231 e. The third kappa shape index (κ3) is 2.07. The lowest BCUT2D eigenvalue weighted by Gasteiger charge is -2.39. The average molecular weight is 197 g/mol. The van der Waals surface area contributed by atoms with Gasteiger partial charge in [0.1, 0.15) is 0 Å². The van der Waals surface area contributed by atoms with Crippen molar-refractivity contribution in [1.29, 1.82) is 0 Å². The summed E-state index contributed by atoms with van der Waals surface area (Å²) in [6.07, 6.45) is 3.76. The van der Waals surface area contributed by atoms with Gasteiger partial charge in [0.15, 0.2) is 0 Å². The number of primary amides is 1. The van der Waals surface area contributed by atoms with Crippen molar-refractivity contribution in [2.75, 3.05) is 32.7 Å². The van der Waals surface area contributed by atoms with Crippen LogP contribution in [0.1, 0.15) is 19.3 Å². The Kier molecular flexibility index (Phi) is 2.74. The van der Waals surface area contributed by atoms with E-state index in [0.717, 1.165) is 26.2 Å². The van der Waals surface area contributed by atoms with E-state index in [4.69, 9.17) is 5.73 Å². The van der Waals surface area contributed by atoms with Crippen LogP contribution in [0.25, 0.3) is 0 Å². The lowest BCUT2D eigenvalue weighted by molar-refractivity contribution is -0.119. The molecule has 2 fully saturated rings. The summed E-state index contributed by atoms with van der Waals surface area (Å²) < 4.78 is 0. The van der Waals surface area contributed by atoms with E-state index in [1.807, 2.05) is 0 Å². The molecule has 0 aromatic carbocycles. The van der Waals surface area contributed by atoms with E-state index in [0.29, 0.717) is 12.0 Å². The van der Waals surface area contributed by atoms with E-state index < -0.39 is 0 Å². The fourth-order valence-electron chi connectivity index (χ4n) is 2.81. The van der Waals surface area contributed by atoms with E-state index in [9.17, 15) is 4.79 Å². The van der Waals surface area contributed by atoms with Gasteiger partial charge >= 0.3 is 0 Å². The minimum Gasteiger partial charge on any atom is -0.369 e. The van der Waals surface area contributed by atoms with E-state index >= 15 is 0 Å². The van der Waals surface area contributed by atoms with Crippen LogP contribution < -0.4 is 11.1 Å². The molecule has 0 unspecified atom stereocenters. The summed E-state index contributed by atoms with van der Waals surface area (Å²) in [6.45, 7) is 4.75. The van der Waals surface area contributed by atoms with Gasteiger partial charge in [0.05, 0.1) is 6.54 Å². The molecular formula is C10H19N3O. The summed E-state index contributed by atoms with van der Waals surface area (Å²) in [5, 5.41) is 3.41. The second kappa shape index (κ2) is 3.87. The van der Waals surface area contributed by atoms with Crippen molar-refractivity contribution in [3.8, 4) is 0 Å². The van der Waals surface area contributed by atoms with Crippen LogP contribution in [0.3, 0.4) is 0 Å². The number of nitrogens with one attached hydrogen (secondary N) is 1. The third-order valence-electron chi connectivity index (χ3n) is 3.45. The maximum atomic E-state index is 10.8. The first-order chi connectivity index (χ1) is 6.70. The van der Waals surface area contributed by atoms with Crippen LogP contribution in [0.5, 0.6) is 0 Å². The molecule has 3 N–H and O–H groups in total. The van der Waals surface area contributed by atoms with Gasteiger partial charge in [0, 0.05) is 13.1 Å². The van der Waals surface area contributed by atoms with Crippen LogP contribution in [0.15, 0.2) is 0 Å². The quantitative estimate of drug-likeness (QED) is 0.630. The normalized spacial score (nSPS) is 33.7. The van der Waals surface area contributed by atoms with Gasteiger partial charge in [0.25, 0.3) is 0 Å². The van der Waals surface area contributed by atoms with Crippen LogP contribution in [0, 0.1) is 5.41 Å². The highest BCUT2D eigenvalue weighted by atomic mass is 16.1. The van der Waals surface area contributed by atoms with Crippen LogP contribution in [0.4, 0.5) is 0 Å². The molecule has 2 saturated heterocycles. The molecule has 1 amide bonds. The lowest BCUT2D eigenvalue weighted by atomic mass is 9.79. The van der Waals surface area contributed by atoms with Gasteiger partial charge in [0.2, 0.25) is 5.91 Å². The lowest BCUT2D eigenvalue weighted by Crippen LogP contribution is -2.47. The zero-order valence-corrected chi connectivity index (χ0v) is 8.59. The first-order valence-electron chi connectivity index (χ1n) is 5.42. The first-order valence-corrected chi connectivity index (χ1v) is 5.42. The Labute approximate surface area is 84.8 Å². The molecular weight excluding hydrogens is 178 g/mol. The molecule has 4 nitrogen and oxygen atoms in total. The van der Waals surface area contributed by atoms with Crippen molar-refractivity contribution < 1.29 is 4.79 Å². The number of carbonyl (C=O) groups is 1. The number of piperidine rings is 1. The highest BCUT2D eigenvalue weighted by Crippen LogP contribution is 2.35. The number of nitrogens with two attached hydrogens (primary N) is 1. The van der Waals surface area contributed by atoms with Crippen molar-refractivity contribution in [3.05, 3.63) is 0 Å². The minimum absolute atomic E-state index is 0.201. The summed E-state index contributed by atoms with van der Waals surface area (Å²) in [4.78, 5) is 13.0. The smallest absolute Gasteiger partial charge is 0.231 e. The van der Waals surface area contributed by atoms with Crippen molar-refractivity contribution in [3.63, 3.8) is 0 Å². The molecule has 0 bridgehead atoms. The van der Waals surface area contributed by atoms with E-state index in [-0.39, 0.29) is 5.91 Å². The molecule has 1 spiro atoms. The predicted molar refractivity (Wildman–Crippen MR) is 54.8 cm³/mol. The van der Waals surface area contributed by atoms with Crippen LogP contribution in [-0.2, 0) is 4.79 Å². The van der Waals surface area contributed by atoms with Gasteiger partial charge in [-0.15, -0.1) is 0 Å². The Morgan fingerprint density at radius 1 is 1.50 bits per heavy atom. The SMILES string of the molecule is NC(=O)CN1CCC[C@@]2(CCNC2)C1. The third-order valence-corrected chi connectivity index (χ3v) is 3.45. The molecule has 0 saturated carbocycles. The maximum absolute atomic E-state index is 10.8. The summed E-state index contributed by atoms with van der Waals surface area (Å²) in [7, 11) is 0. The summed E-state index contributed by atoms with van der Waals surface area (Å²) in [5.74, 6) is -0.201. The first kappa shape index (κ1) is 9.93. The molecule has 14 heavy (non-hydrogen) atoms. The number of amides is 1. The van der Waals surface area contributed by atoms with Crippen LogP contribution >= 0.6 is 0 Å². The highest BCUT2D eigenvalue weighted by molar-refractivity contribution is 5.75. The minimum atomic E-state index is -0.201. The molecule has 2 aliphatic heterocycles. The van der Waals surface area contributed by atoms with Crippen molar-refractivity contribution >= 4 is 5.91 Å². The number of hydrogen-bond acceptors (Lipinski definition) is 3. The van der Waals surface area contributed by atoms with Gasteiger partial charge in [-0.05, 0) is 37.8 Å². The van der Waals surface area contributed by atoms with Gasteiger partial charge in [-0.2, -0.15) is 0 Å². The number of nitrogens with zero attached hydrogens (tertiary/aromatic N) is 1. The fraction of sp³-hybridized carbons (Fsp3) is 0.900. The molecule has 0 aromatic rings. The fourth-order valence-corrected chi connectivity index (χ4v) is 2.81. The molecule has 2 heterocycles. The second-order valence-electron chi connectivity index (χ2n) is 4.71. The van der Waals surface area contributed by atoms with E-state index in [1.54, 1.807) is 0 Å². The summed E-state index contributed by atoms with van der Waals surface area (Å²) in [5.41, 5.74) is 5.65. The highest BCUT2D eigenvalue weighted by Gasteiger charge is 2.37. The molecule has 2 aliphatic rings. The largest absolute Gasteiger partial charge is 0.369 e. The Hall–Kier alpha value is -0.610. The van der Waals surface area contributed by atoms with Gasteiger partial charge < -0.3 is 11.1 Å². The van der Waals surface area contributed by atoms with Gasteiger partial charge in [-0.25, -0.2) is 0 Å². The van der Waals surface area contributed by atoms with E-state index in [2.05, 4.69) is 10.2 Å².